The summed E-state index contributed by atoms with van der Waals surface area (Å²) >= 11 is 0. The minimum Gasteiger partial charge on any atom is -0.306 e. The van der Waals surface area contributed by atoms with Gasteiger partial charge in [0, 0.05) is 24.5 Å². The van der Waals surface area contributed by atoms with E-state index in [0.717, 1.165) is 6.54 Å². The number of nitrogens with zero attached hydrogens (tertiary/aromatic N) is 2. The molecule has 0 amide bonds. The van der Waals surface area contributed by atoms with Crippen molar-refractivity contribution >= 4 is 0 Å². The van der Waals surface area contributed by atoms with Crippen LogP contribution in [0, 0.1) is 13.8 Å². The first-order chi connectivity index (χ1) is 9.06. The van der Waals surface area contributed by atoms with E-state index in [9.17, 15) is 0 Å². The van der Waals surface area contributed by atoms with E-state index in [1.165, 1.54) is 16.7 Å². The molecular weight excluding hydrogens is 234 g/mol. The molecule has 19 heavy (non-hydrogen) atoms. The molecule has 1 aromatic carbocycles. The van der Waals surface area contributed by atoms with Crippen molar-refractivity contribution in [1.29, 1.82) is 0 Å². The fourth-order valence-corrected chi connectivity index (χ4v) is 2.57. The quantitative estimate of drug-likeness (QED) is 0.891. The first-order valence-electron chi connectivity index (χ1n) is 6.87. The van der Waals surface area contributed by atoms with Crippen molar-refractivity contribution in [3.8, 4) is 0 Å². The van der Waals surface area contributed by atoms with E-state index < -0.39 is 0 Å². The van der Waals surface area contributed by atoms with Gasteiger partial charge in [-0.3, -0.25) is 4.68 Å². The Kier molecular flexibility index (Phi) is 4.38. The van der Waals surface area contributed by atoms with E-state index in [-0.39, 0.29) is 0 Å². The summed E-state index contributed by atoms with van der Waals surface area (Å²) in [6.45, 7) is 9.62. The van der Waals surface area contributed by atoms with E-state index in [2.05, 4.69) is 56.3 Å². The molecule has 2 rings (SSSR count). The van der Waals surface area contributed by atoms with E-state index >= 15 is 0 Å². The largest absolute Gasteiger partial charge is 0.306 e. The second kappa shape index (κ2) is 6.02. The Labute approximate surface area is 115 Å². The van der Waals surface area contributed by atoms with Crippen LogP contribution in [-0.2, 0) is 6.54 Å². The number of hydrogen-bond acceptors (Lipinski definition) is 2. The van der Waals surface area contributed by atoms with Gasteiger partial charge < -0.3 is 5.32 Å². The molecule has 1 aromatic heterocycles. The molecule has 3 nitrogen and oxygen atoms in total. The van der Waals surface area contributed by atoms with Crippen molar-refractivity contribution in [2.45, 2.75) is 46.3 Å². The monoisotopic (exact) mass is 257 g/mol. The second-order valence-electron chi connectivity index (χ2n) is 5.38. The van der Waals surface area contributed by atoms with Crippen LogP contribution in [0.3, 0.4) is 0 Å². The summed E-state index contributed by atoms with van der Waals surface area (Å²) in [7, 11) is 0. The van der Waals surface area contributed by atoms with Crippen molar-refractivity contribution in [2.75, 3.05) is 0 Å². The minimum atomic E-state index is 0.353. The Balaban J connectivity index is 1.98. The molecule has 0 radical (unpaired) electrons. The highest BCUT2D eigenvalue weighted by Crippen LogP contribution is 2.19. The molecule has 0 saturated carbocycles. The van der Waals surface area contributed by atoms with Crippen molar-refractivity contribution in [3.05, 3.63) is 53.3 Å². The first-order valence-corrected chi connectivity index (χ1v) is 6.87. The average Bonchev–Trinajstić information content (AvgIpc) is 2.81. The fraction of sp³-hybridized carbons (Fsp3) is 0.438. The van der Waals surface area contributed by atoms with Crippen LogP contribution >= 0.6 is 0 Å². The molecule has 1 N–H and O–H groups in total. The van der Waals surface area contributed by atoms with E-state index in [1.54, 1.807) is 0 Å². The number of hydrogen-bond donors (Lipinski definition) is 1. The van der Waals surface area contributed by atoms with Gasteiger partial charge in [-0.25, -0.2) is 0 Å². The molecule has 2 atom stereocenters. The van der Waals surface area contributed by atoms with Crippen LogP contribution in [0.25, 0.3) is 0 Å². The lowest BCUT2D eigenvalue weighted by Crippen LogP contribution is -2.33. The van der Waals surface area contributed by atoms with Crippen LogP contribution in [0.2, 0.25) is 0 Å². The molecule has 0 bridgehead atoms. The molecule has 1 heterocycles. The molecule has 0 aliphatic heterocycles. The van der Waals surface area contributed by atoms with Gasteiger partial charge in [-0.2, -0.15) is 5.10 Å². The Morgan fingerprint density at radius 3 is 2.68 bits per heavy atom. The predicted octanol–water partition coefficient (Wildman–Crippen LogP) is 3.24. The summed E-state index contributed by atoms with van der Waals surface area (Å²) in [6.07, 6.45) is 3.82. The van der Waals surface area contributed by atoms with Gasteiger partial charge in [0.2, 0.25) is 0 Å². The van der Waals surface area contributed by atoms with E-state index in [1.807, 2.05) is 23.1 Å². The molecule has 0 spiro atoms. The molecule has 2 aromatic rings. The van der Waals surface area contributed by atoms with Crippen LogP contribution in [0.1, 0.15) is 36.6 Å². The lowest BCUT2D eigenvalue weighted by molar-refractivity contribution is 0.412. The third kappa shape index (κ3) is 3.67. The third-order valence-electron chi connectivity index (χ3n) is 3.45. The number of benzene rings is 1. The van der Waals surface area contributed by atoms with Crippen LogP contribution in [-0.4, -0.2) is 15.8 Å². The zero-order valence-corrected chi connectivity index (χ0v) is 12.2. The van der Waals surface area contributed by atoms with Gasteiger partial charge in [0.15, 0.2) is 0 Å². The van der Waals surface area contributed by atoms with Gasteiger partial charge in [-0.1, -0.05) is 23.8 Å². The zero-order valence-electron chi connectivity index (χ0n) is 12.2. The summed E-state index contributed by atoms with van der Waals surface area (Å²) in [5, 5.41) is 7.88. The van der Waals surface area contributed by atoms with Crippen LogP contribution in [0.4, 0.5) is 0 Å². The van der Waals surface area contributed by atoms with Gasteiger partial charge in [0.1, 0.15) is 0 Å². The fourth-order valence-electron chi connectivity index (χ4n) is 2.57. The number of rotatable bonds is 5. The van der Waals surface area contributed by atoms with Crippen LogP contribution in [0.15, 0.2) is 36.7 Å². The van der Waals surface area contributed by atoms with Crippen molar-refractivity contribution in [3.63, 3.8) is 0 Å². The van der Waals surface area contributed by atoms with Gasteiger partial charge in [-0.05, 0) is 44.9 Å². The summed E-state index contributed by atoms with van der Waals surface area (Å²) in [5.74, 6) is 0. The maximum absolute atomic E-state index is 4.24. The Morgan fingerprint density at radius 2 is 2.05 bits per heavy atom. The normalized spacial score (nSPS) is 14.3. The first kappa shape index (κ1) is 13.8. The van der Waals surface area contributed by atoms with Crippen molar-refractivity contribution < 1.29 is 0 Å². The molecule has 2 unspecified atom stereocenters. The van der Waals surface area contributed by atoms with Crippen LogP contribution < -0.4 is 5.32 Å². The van der Waals surface area contributed by atoms with Crippen molar-refractivity contribution in [2.24, 2.45) is 0 Å². The number of aromatic nitrogens is 2. The average molecular weight is 257 g/mol. The number of nitrogens with one attached hydrogen (secondary N) is 1. The van der Waals surface area contributed by atoms with E-state index in [0.29, 0.717) is 12.1 Å². The molecule has 0 saturated heterocycles. The molecule has 0 aliphatic rings. The Hall–Kier alpha value is -1.61. The highest BCUT2D eigenvalue weighted by atomic mass is 15.3. The number of aryl methyl sites for hydroxylation is 2. The maximum Gasteiger partial charge on any atom is 0.0560 e. The summed E-state index contributed by atoms with van der Waals surface area (Å²) in [6, 6.07) is 9.34. The van der Waals surface area contributed by atoms with Gasteiger partial charge in [0.25, 0.3) is 0 Å². The molecule has 0 fully saturated rings. The van der Waals surface area contributed by atoms with Gasteiger partial charge in [-0.15, -0.1) is 0 Å². The van der Waals surface area contributed by atoms with E-state index in [4.69, 9.17) is 0 Å². The summed E-state index contributed by atoms with van der Waals surface area (Å²) < 4.78 is 1.96. The lowest BCUT2D eigenvalue weighted by atomic mass is 10.00. The Morgan fingerprint density at radius 1 is 1.26 bits per heavy atom. The predicted molar refractivity (Wildman–Crippen MR) is 79.2 cm³/mol. The molecule has 0 aliphatic carbocycles. The smallest absolute Gasteiger partial charge is 0.0560 e. The third-order valence-corrected chi connectivity index (χ3v) is 3.45. The molecular formula is C16H23N3. The molecule has 102 valence electrons. The standard InChI is InChI=1S/C16H23N3/c1-12-6-7-16(13(2)10-12)15(4)18-14(3)11-19-9-5-8-17-19/h5-10,14-15,18H,11H2,1-4H3. The second-order valence-corrected chi connectivity index (χ2v) is 5.38. The highest BCUT2D eigenvalue weighted by molar-refractivity contribution is 5.32. The minimum absolute atomic E-state index is 0.353. The topological polar surface area (TPSA) is 29.9 Å². The zero-order chi connectivity index (χ0) is 13.8. The summed E-state index contributed by atoms with van der Waals surface area (Å²) in [5.41, 5.74) is 4.04. The summed E-state index contributed by atoms with van der Waals surface area (Å²) in [4.78, 5) is 0. The van der Waals surface area contributed by atoms with Crippen molar-refractivity contribution in [1.82, 2.24) is 15.1 Å². The highest BCUT2D eigenvalue weighted by Gasteiger charge is 2.12. The van der Waals surface area contributed by atoms with Gasteiger partial charge >= 0.3 is 0 Å². The molecule has 3 heteroatoms. The SMILES string of the molecule is Cc1ccc(C(C)NC(C)Cn2cccn2)c(C)c1. The Bertz CT molecular complexity index is 517. The van der Waals surface area contributed by atoms with Crippen LogP contribution in [0.5, 0.6) is 0 Å². The maximum atomic E-state index is 4.24. The lowest BCUT2D eigenvalue weighted by Gasteiger charge is -2.22. The van der Waals surface area contributed by atoms with Gasteiger partial charge in [0.05, 0.1) is 6.54 Å².